The highest BCUT2D eigenvalue weighted by atomic mass is 32.2. The number of amides is 1. The number of carbonyl (C=O) groups excluding carboxylic acids is 2. The van der Waals surface area contributed by atoms with Crippen LogP contribution in [0.4, 0.5) is 5.69 Å². The lowest BCUT2D eigenvalue weighted by Crippen LogP contribution is -2.22. The minimum Gasteiger partial charge on any atom is -0.452 e. The van der Waals surface area contributed by atoms with E-state index in [2.05, 4.69) is 5.32 Å². The van der Waals surface area contributed by atoms with Gasteiger partial charge in [-0.3, -0.25) is 4.79 Å². The van der Waals surface area contributed by atoms with E-state index in [-0.39, 0.29) is 10.5 Å². The number of hydrogen-bond donors (Lipinski definition) is 2. The van der Waals surface area contributed by atoms with E-state index in [1.54, 1.807) is 13.0 Å². The van der Waals surface area contributed by atoms with E-state index < -0.39 is 28.5 Å². The molecule has 8 heteroatoms. The molecule has 2 rings (SSSR count). The number of esters is 1. The second-order valence-corrected chi connectivity index (χ2v) is 7.43. The van der Waals surface area contributed by atoms with Crippen molar-refractivity contribution in [1.29, 1.82) is 0 Å². The summed E-state index contributed by atoms with van der Waals surface area (Å²) in [6, 6.07) is 9.48. The molecule has 1 amide bonds. The van der Waals surface area contributed by atoms with E-state index >= 15 is 0 Å². The van der Waals surface area contributed by atoms with Crippen LogP contribution in [-0.4, -0.2) is 26.9 Å². The number of nitrogens with one attached hydrogen (secondary N) is 1. The van der Waals surface area contributed by atoms with Crippen LogP contribution in [0.15, 0.2) is 41.3 Å². The second-order valence-electron chi connectivity index (χ2n) is 5.90. The maximum absolute atomic E-state index is 12.1. The molecule has 0 aliphatic heterocycles. The van der Waals surface area contributed by atoms with Crippen LogP contribution in [-0.2, 0) is 19.6 Å². The van der Waals surface area contributed by atoms with Crippen molar-refractivity contribution >= 4 is 27.6 Å². The van der Waals surface area contributed by atoms with Crippen LogP contribution >= 0.6 is 0 Å². The third kappa shape index (κ3) is 4.68. The van der Waals surface area contributed by atoms with Crippen LogP contribution < -0.4 is 10.5 Å². The zero-order chi connectivity index (χ0) is 19.5. The van der Waals surface area contributed by atoms with Crippen molar-refractivity contribution < 1.29 is 22.7 Å². The summed E-state index contributed by atoms with van der Waals surface area (Å²) in [6.07, 6.45) is 0. The summed E-state index contributed by atoms with van der Waals surface area (Å²) in [4.78, 5) is 23.9. The Kier molecular flexibility index (Phi) is 5.79. The van der Waals surface area contributed by atoms with Gasteiger partial charge in [-0.05, 0) is 55.7 Å². The number of hydrogen-bond acceptors (Lipinski definition) is 5. The molecule has 0 saturated heterocycles. The molecule has 138 valence electrons. The van der Waals surface area contributed by atoms with Crippen LogP contribution in [0.25, 0.3) is 0 Å². The van der Waals surface area contributed by atoms with E-state index in [0.29, 0.717) is 11.3 Å². The molecule has 0 aliphatic carbocycles. The van der Waals surface area contributed by atoms with Crippen molar-refractivity contribution in [2.45, 2.75) is 25.7 Å². The van der Waals surface area contributed by atoms with E-state index in [1.165, 1.54) is 12.1 Å². The Morgan fingerprint density at radius 3 is 2.42 bits per heavy atom. The summed E-state index contributed by atoms with van der Waals surface area (Å²) < 4.78 is 28.0. The van der Waals surface area contributed by atoms with Gasteiger partial charge in [0.1, 0.15) is 0 Å². The Morgan fingerprint density at radius 1 is 1.08 bits per heavy atom. The van der Waals surface area contributed by atoms with Gasteiger partial charge in [-0.1, -0.05) is 18.2 Å². The Bertz CT molecular complexity index is 968. The molecule has 0 bridgehead atoms. The van der Waals surface area contributed by atoms with Crippen molar-refractivity contribution in [3.8, 4) is 0 Å². The number of aryl methyl sites for hydroxylation is 2. The van der Waals surface area contributed by atoms with E-state index in [1.807, 2.05) is 26.0 Å². The Morgan fingerprint density at radius 2 is 1.77 bits per heavy atom. The zero-order valence-corrected chi connectivity index (χ0v) is 15.5. The molecular formula is C18H20N2O5S. The average Bonchev–Trinajstić information content (AvgIpc) is 2.56. The molecule has 26 heavy (non-hydrogen) atoms. The Balaban J connectivity index is 2.05. The monoisotopic (exact) mass is 376 g/mol. The van der Waals surface area contributed by atoms with Crippen LogP contribution in [0, 0.1) is 20.8 Å². The molecular weight excluding hydrogens is 356 g/mol. The zero-order valence-electron chi connectivity index (χ0n) is 14.7. The molecule has 0 spiro atoms. The van der Waals surface area contributed by atoms with Gasteiger partial charge in [0.2, 0.25) is 10.0 Å². The van der Waals surface area contributed by atoms with Crippen molar-refractivity contribution in [1.82, 2.24) is 0 Å². The van der Waals surface area contributed by atoms with Gasteiger partial charge in [0.15, 0.2) is 6.61 Å². The summed E-state index contributed by atoms with van der Waals surface area (Å²) >= 11 is 0. The van der Waals surface area contributed by atoms with Gasteiger partial charge in [0.25, 0.3) is 5.91 Å². The van der Waals surface area contributed by atoms with Crippen LogP contribution in [0.3, 0.4) is 0 Å². The topological polar surface area (TPSA) is 116 Å². The van der Waals surface area contributed by atoms with Gasteiger partial charge in [-0.25, -0.2) is 18.4 Å². The highest BCUT2D eigenvalue weighted by Crippen LogP contribution is 2.18. The van der Waals surface area contributed by atoms with Crippen molar-refractivity contribution in [2.24, 2.45) is 5.14 Å². The largest absolute Gasteiger partial charge is 0.452 e. The SMILES string of the molecule is Cc1ccc(C(=O)OCC(=O)Nc2cccc(C)c2C)cc1S(N)(=O)=O. The number of ether oxygens (including phenoxy) is 1. The van der Waals surface area contributed by atoms with Gasteiger partial charge in [0.05, 0.1) is 10.5 Å². The van der Waals surface area contributed by atoms with E-state index in [0.717, 1.165) is 17.2 Å². The molecule has 0 atom stereocenters. The fourth-order valence-corrected chi connectivity index (χ4v) is 3.13. The van der Waals surface area contributed by atoms with Gasteiger partial charge in [-0.2, -0.15) is 0 Å². The van der Waals surface area contributed by atoms with Gasteiger partial charge in [-0.15, -0.1) is 0 Å². The highest BCUT2D eigenvalue weighted by Gasteiger charge is 2.17. The number of benzene rings is 2. The lowest BCUT2D eigenvalue weighted by molar-refractivity contribution is -0.119. The van der Waals surface area contributed by atoms with Crippen molar-refractivity contribution in [2.75, 3.05) is 11.9 Å². The Hall–Kier alpha value is -2.71. The van der Waals surface area contributed by atoms with E-state index in [9.17, 15) is 18.0 Å². The average molecular weight is 376 g/mol. The number of rotatable bonds is 5. The first-order valence-electron chi connectivity index (χ1n) is 7.76. The predicted molar refractivity (Wildman–Crippen MR) is 97.4 cm³/mol. The molecule has 0 aromatic heterocycles. The molecule has 2 aromatic rings. The fourth-order valence-electron chi connectivity index (χ4n) is 2.32. The first kappa shape index (κ1) is 19.6. The number of primary sulfonamides is 1. The predicted octanol–water partition coefficient (Wildman–Crippen LogP) is 2.05. The molecule has 2 aromatic carbocycles. The minimum absolute atomic E-state index is 0.000777. The molecule has 0 heterocycles. The minimum atomic E-state index is -3.96. The standard InChI is InChI=1S/C18H20N2O5S/c1-11-5-4-6-15(13(11)3)20-17(21)10-25-18(22)14-8-7-12(2)16(9-14)26(19,23)24/h4-9H,10H2,1-3H3,(H,20,21)(H2,19,23,24). The quantitative estimate of drug-likeness (QED) is 0.775. The van der Waals surface area contributed by atoms with Crippen molar-refractivity contribution in [3.63, 3.8) is 0 Å². The normalized spacial score (nSPS) is 11.1. The Labute approximate surface area is 152 Å². The third-order valence-corrected chi connectivity index (χ3v) is 5.00. The molecule has 7 nitrogen and oxygen atoms in total. The summed E-state index contributed by atoms with van der Waals surface area (Å²) in [7, 11) is -3.96. The van der Waals surface area contributed by atoms with Crippen LogP contribution in [0.1, 0.15) is 27.0 Å². The first-order chi connectivity index (χ1) is 12.1. The van der Waals surface area contributed by atoms with Crippen LogP contribution in [0.5, 0.6) is 0 Å². The summed E-state index contributed by atoms with van der Waals surface area (Å²) in [5.74, 6) is -1.31. The fraction of sp³-hybridized carbons (Fsp3) is 0.222. The number of anilines is 1. The van der Waals surface area contributed by atoms with Gasteiger partial charge >= 0.3 is 5.97 Å². The molecule has 0 unspecified atom stereocenters. The van der Waals surface area contributed by atoms with Gasteiger partial charge in [0, 0.05) is 5.69 Å². The summed E-state index contributed by atoms with van der Waals surface area (Å²) in [5.41, 5.74) is 2.99. The first-order valence-corrected chi connectivity index (χ1v) is 9.31. The molecule has 0 radical (unpaired) electrons. The molecule has 0 fully saturated rings. The van der Waals surface area contributed by atoms with E-state index in [4.69, 9.17) is 9.88 Å². The number of nitrogens with two attached hydrogens (primary N) is 1. The molecule has 0 aliphatic rings. The second kappa shape index (κ2) is 7.67. The smallest absolute Gasteiger partial charge is 0.338 e. The lowest BCUT2D eigenvalue weighted by Gasteiger charge is -2.11. The van der Waals surface area contributed by atoms with Crippen LogP contribution in [0.2, 0.25) is 0 Å². The summed E-state index contributed by atoms with van der Waals surface area (Å²) in [5, 5.41) is 7.79. The van der Waals surface area contributed by atoms with Crippen molar-refractivity contribution in [3.05, 3.63) is 58.7 Å². The number of sulfonamides is 1. The summed E-state index contributed by atoms with van der Waals surface area (Å²) in [6.45, 7) is 4.86. The maximum Gasteiger partial charge on any atom is 0.338 e. The molecule has 0 saturated carbocycles. The maximum atomic E-state index is 12.1. The third-order valence-electron chi connectivity index (χ3n) is 3.94. The lowest BCUT2D eigenvalue weighted by atomic mass is 10.1. The molecule has 3 N–H and O–H groups in total. The highest BCUT2D eigenvalue weighted by molar-refractivity contribution is 7.89. The van der Waals surface area contributed by atoms with Gasteiger partial charge < -0.3 is 10.1 Å². The number of carbonyl (C=O) groups is 2.